The highest BCUT2D eigenvalue weighted by atomic mass is 32.1. The van der Waals surface area contributed by atoms with Crippen LogP contribution < -0.4 is 0 Å². The number of thiocarbonyl (C=S) groups is 2. The Morgan fingerprint density at radius 1 is 1.00 bits per heavy atom. The molecule has 0 amide bonds. The molecule has 0 unspecified atom stereocenters. The quantitative estimate of drug-likeness (QED) is 0.203. The Kier molecular flexibility index (Phi) is 4.62. The van der Waals surface area contributed by atoms with Gasteiger partial charge in [0, 0.05) is 24.4 Å². The van der Waals surface area contributed by atoms with Gasteiger partial charge in [-0.3, -0.25) is 0 Å². The molecule has 0 aromatic heterocycles. The molecule has 6 heteroatoms. The number of hydrogen-bond donors (Lipinski definition) is 0. The molecule has 0 bridgehead atoms. The predicted octanol–water partition coefficient (Wildman–Crippen LogP) is 0.213. The van der Waals surface area contributed by atoms with E-state index in [1.807, 2.05) is 10.3 Å². The van der Waals surface area contributed by atoms with Gasteiger partial charge in [-0.2, -0.15) is 0 Å². The van der Waals surface area contributed by atoms with E-state index in [0.29, 0.717) is 9.48 Å². The van der Waals surface area contributed by atoms with Gasteiger partial charge in [0.25, 0.3) is 10.3 Å². The fraction of sp³-hybridized carbons (Fsp3) is 0.500. The predicted molar refractivity (Wildman–Crippen MR) is 42.2 cm³/mol. The lowest BCUT2D eigenvalue weighted by Crippen LogP contribution is -2.15. The van der Waals surface area contributed by atoms with Crippen molar-refractivity contribution in [2.45, 2.75) is 0 Å². The fourth-order valence-corrected chi connectivity index (χ4v) is 0.456. The van der Waals surface area contributed by atoms with E-state index in [1.54, 1.807) is 0 Å². The monoisotopic (exact) mass is 176 g/mol. The summed E-state index contributed by atoms with van der Waals surface area (Å²) in [6.07, 6.45) is 0. The summed E-state index contributed by atoms with van der Waals surface area (Å²) in [5, 5.41) is 24.4. The molecule has 0 atom stereocenters. The van der Waals surface area contributed by atoms with Gasteiger partial charge in [0.1, 0.15) is 0 Å². The summed E-state index contributed by atoms with van der Waals surface area (Å²) in [6.45, 7) is -0.0622. The Labute approximate surface area is 68.3 Å². The van der Waals surface area contributed by atoms with Gasteiger partial charge in [0.2, 0.25) is 13.1 Å². The van der Waals surface area contributed by atoms with Crippen LogP contribution >= 0.6 is 24.4 Å². The molecule has 0 fully saturated rings. The summed E-state index contributed by atoms with van der Waals surface area (Å²) in [5.41, 5.74) is 0. The molecule has 0 N–H and O–H groups in total. The molecule has 0 aliphatic rings. The van der Waals surface area contributed by atoms with E-state index < -0.39 is 0 Å². The maximum absolute atomic E-state index is 10.3. The smallest absolute Gasteiger partial charge is 0.262 e. The zero-order valence-electron chi connectivity index (χ0n) is 4.94. The van der Waals surface area contributed by atoms with Crippen molar-refractivity contribution in [2.24, 2.45) is 0 Å². The van der Waals surface area contributed by atoms with E-state index in [2.05, 4.69) is 24.4 Å². The van der Waals surface area contributed by atoms with Crippen molar-refractivity contribution in [3.8, 4) is 0 Å². The molecule has 0 aliphatic heterocycles. The SMILES string of the molecule is [O-][N+](=C=S)CC[N+]([O-])=C=S. The number of nitrogens with zero attached hydrogens (tertiary/aromatic N) is 2. The summed E-state index contributed by atoms with van der Waals surface area (Å²) >= 11 is 8.32. The van der Waals surface area contributed by atoms with Crippen molar-refractivity contribution in [2.75, 3.05) is 13.1 Å². The zero-order valence-corrected chi connectivity index (χ0v) is 6.57. The maximum Gasteiger partial charge on any atom is 0.262 e. The van der Waals surface area contributed by atoms with Gasteiger partial charge < -0.3 is 10.4 Å². The standard InChI is InChI=1S/C4H4N2O2S2/c7-5(3-9)1-2-6(8)4-10/h1-2H2. The first kappa shape index (κ1) is 9.20. The summed E-state index contributed by atoms with van der Waals surface area (Å²) < 4.78 is 0.708. The Morgan fingerprint density at radius 2 is 1.30 bits per heavy atom. The normalized spacial score (nSPS) is 7.60. The number of isothiocyanates is 2. The minimum absolute atomic E-state index is 0.0311. The van der Waals surface area contributed by atoms with Crippen molar-refractivity contribution in [3.05, 3.63) is 10.4 Å². The first-order valence-corrected chi connectivity index (χ1v) is 3.17. The molecule has 10 heavy (non-hydrogen) atoms. The van der Waals surface area contributed by atoms with Gasteiger partial charge in [-0.05, 0) is 0 Å². The summed E-state index contributed by atoms with van der Waals surface area (Å²) in [4.78, 5) is 0. The van der Waals surface area contributed by atoms with Gasteiger partial charge in [-0.25, -0.2) is 0 Å². The van der Waals surface area contributed by atoms with Crippen LogP contribution in [0.1, 0.15) is 0 Å². The van der Waals surface area contributed by atoms with Gasteiger partial charge in [-0.1, -0.05) is 0 Å². The Balaban J connectivity index is 3.77. The first-order chi connectivity index (χ1) is 4.70. The van der Waals surface area contributed by atoms with Crippen LogP contribution in [0, 0.1) is 10.4 Å². The molecular weight excluding hydrogens is 172 g/mol. The van der Waals surface area contributed by atoms with Crippen molar-refractivity contribution < 1.29 is 9.48 Å². The molecule has 0 aromatic rings. The van der Waals surface area contributed by atoms with E-state index in [1.165, 1.54) is 0 Å². The Bertz CT molecular complexity index is 191. The molecule has 54 valence electrons. The largest absolute Gasteiger partial charge is 0.614 e. The van der Waals surface area contributed by atoms with Crippen LogP contribution in [-0.2, 0) is 0 Å². The van der Waals surface area contributed by atoms with Crippen LogP contribution in [0.15, 0.2) is 0 Å². The van der Waals surface area contributed by atoms with E-state index in [4.69, 9.17) is 0 Å². The fourth-order valence-electron chi connectivity index (χ4n) is 0.273. The summed E-state index contributed by atoms with van der Waals surface area (Å²) in [7, 11) is 0. The Morgan fingerprint density at radius 3 is 1.50 bits per heavy atom. The Hall–Kier alpha value is -0.800. The molecule has 0 radical (unpaired) electrons. The lowest BCUT2D eigenvalue weighted by Gasteiger charge is -1.97. The van der Waals surface area contributed by atoms with Gasteiger partial charge in [0.15, 0.2) is 0 Å². The second kappa shape index (κ2) is 5.02. The molecule has 0 rings (SSSR count). The molecule has 0 saturated carbocycles. The van der Waals surface area contributed by atoms with Crippen LogP contribution in [-0.4, -0.2) is 32.9 Å². The molecule has 0 aliphatic carbocycles. The summed E-state index contributed by atoms with van der Waals surface area (Å²) in [5.74, 6) is 0. The van der Waals surface area contributed by atoms with E-state index in [-0.39, 0.29) is 13.1 Å². The lowest BCUT2D eigenvalue weighted by atomic mass is 10.7. The first-order valence-electron chi connectivity index (χ1n) is 2.35. The lowest BCUT2D eigenvalue weighted by molar-refractivity contribution is -0.526. The molecule has 0 saturated heterocycles. The molecular formula is C4H4N2O2S2. The molecule has 4 nitrogen and oxygen atoms in total. The average Bonchev–Trinajstić information content (AvgIpc) is 1.99. The van der Waals surface area contributed by atoms with Gasteiger partial charge in [0.05, 0.1) is 0 Å². The number of rotatable bonds is 3. The topological polar surface area (TPSA) is 52.1 Å². The van der Waals surface area contributed by atoms with Crippen molar-refractivity contribution in [1.82, 2.24) is 0 Å². The number of hydroxylamine groups is 2. The van der Waals surface area contributed by atoms with Crippen molar-refractivity contribution >= 4 is 34.8 Å². The minimum Gasteiger partial charge on any atom is -0.614 e. The third-order valence-electron chi connectivity index (χ3n) is 0.710. The second-order valence-electron chi connectivity index (χ2n) is 1.39. The maximum atomic E-state index is 10.3. The zero-order chi connectivity index (χ0) is 7.98. The summed E-state index contributed by atoms with van der Waals surface area (Å²) in [6, 6.07) is 0. The average molecular weight is 176 g/mol. The van der Waals surface area contributed by atoms with Gasteiger partial charge >= 0.3 is 0 Å². The second-order valence-corrected chi connectivity index (χ2v) is 1.75. The van der Waals surface area contributed by atoms with Gasteiger partial charge in [-0.15, -0.1) is 9.48 Å². The van der Waals surface area contributed by atoms with Crippen LogP contribution in [0.5, 0.6) is 0 Å². The van der Waals surface area contributed by atoms with E-state index >= 15 is 0 Å². The third-order valence-corrected chi connectivity index (χ3v) is 1.12. The molecule has 0 heterocycles. The van der Waals surface area contributed by atoms with Crippen molar-refractivity contribution in [3.63, 3.8) is 0 Å². The molecule has 0 spiro atoms. The van der Waals surface area contributed by atoms with Crippen LogP contribution in [0.4, 0.5) is 0 Å². The number of hydrogen-bond acceptors (Lipinski definition) is 4. The highest BCUT2D eigenvalue weighted by Gasteiger charge is 1.96. The highest BCUT2D eigenvalue weighted by Crippen LogP contribution is 1.71. The van der Waals surface area contributed by atoms with Crippen LogP contribution in [0.25, 0.3) is 0 Å². The van der Waals surface area contributed by atoms with Crippen molar-refractivity contribution in [1.29, 1.82) is 0 Å². The van der Waals surface area contributed by atoms with Crippen LogP contribution in [0.2, 0.25) is 0 Å². The third kappa shape index (κ3) is 4.12. The van der Waals surface area contributed by atoms with E-state index in [9.17, 15) is 10.4 Å². The van der Waals surface area contributed by atoms with Crippen LogP contribution in [0.3, 0.4) is 0 Å². The van der Waals surface area contributed by atoms with E-state index in [0.717, 1.165) is 0 Å². The minimum atomic E-state index is -0.0311. The molecule has 0 aromatic carbocycles. The highest BCUT2D eigenvalue weighted by molar-refractivity contribution is 7.78.